The molecule has 0 saturated carbocycles. The fraction of sp³-hybridized carbons (Fsp3) is 0.395. The second kappa shape index (κ2) is 31.2. The average molecular weight is 930 g/mol. The quantitative estimate of drug-likeness (QED) is 0.0645. The van der Waals surface area contributed by atoms with Gasteiger partial charge in [-0.15, -0.1) is 15.3 Å². The number of carbonyl (C=O) groups is 1. The number of rotatable bonds is 15. The molecule has 0 aliphatic heterocycles. The minimum atomic E-state index is -4.01. The number of aldehydes is 1. The SMILES string of the molecule is C.CCOP(=O)(/C=C/c1ccccc1)OCC.CCOP(=O)(CP(C)(C)=O)OCC.C[Si](C)(C)Br.O=Cc1ccccc1.O=P(O)(O)/C=C/c1ccccc1.[HH]. The molecule has 0 aromatic heterocycles. The maximum atomic E-state index is 12.1. The van der Waals surface area contributed by atoms with Gasteiger partial charge in [0, 0.05) is 18.6 Å². The van der Waals surface area contributed by atoms with E-state index >= 15 is 0 Å². The summed E-state index contributed by atoms with van der Waals surface area (Å²) < 4.78 is 66.0. The van der Waals surface area contributed by atoms with Crippen molar-refractivity contribution in [3.05, 3.63) is 119 Å². The number of halogens is 1. The molecule has 0 aliphatic carbocycles. The van der Waals surface area contributed by atoms with Crippen LogP contribution in [0.1, 0.15) is 58.0 Å². The molecule has 0 saturated heterocycles. The standard InChI is InChI=1S/C12H17O3P.C8H9O3P.C7H18O4P2.C7H6O.C3H9BrSi.CH4.H2/c1-3-14-16(13,15-4-2)11-10-12-8-6-5-7-9-12;9-12(10,11)7-6-8-4-2-1-3-5-8;1-5-10-13(9,11-6-2)7-12(3,4)8;8-6-7-4-2-1-3-5-7;1-5(2,3)4;;/h5-11H,3-4H2,1-2H3;1-7H,(H2,9,10,11);5-7H2,1-4H3;1-6H;1-3H3;1H4;1H/b11-10+;7-6+;;;;;. The Labute approximate surface area is 341 Å². The molecule has 11 nitrogen and oxygen atoms in total. The fourth-order valence-electron chi connectivity index (χ4n) is 3.43. The van der Waals surface area contributed by atoms with E-state index in [1.54, 1.807) is 83.5 Å². The van der Waals surface area contributed by atoms with Crippen molar-refractivity contribution in [1.82, 2.24) is 0 Å². The first kappa shape index (κ1) is 57.5. The molecule has 0 spiro atoms. The van der Waals surface area contributed by atoms with Crippen LogP contribution >= 0.6 is 45.2 Å². The molecule has 0 fully saturated rings. The highest BCUT2D eigenvalue weighted by molar-refractivity contribution is 9.26. The van der Waals surface area contributed by atoms with Gasteiger partial charge in [0.2, 0.25) is 0 Å². The third kappa shape index (κ3) is 38.8. The zero-order valence-electron chi connectivity index (χ0n) is 32.8. The van der Waals surface area contributed by atoms with Crippen LogP contribution in [0.2, 0.25) is 19.6 Å². The molecule has 0 heterocycles. The van der Waals surface area contributed by atoms with E-state index in [1.807, 2.05) is 54.6 Å². The minimum Gasteiger partial charge on any atom is -0.323 e. The van der Waals surface area contributed by atoms with E-state index in [-0.39, 0.29) is 14.8 Å². The lowest BCUT2D eigenvalue weighted by Gasteiger charge is -2.18. The molecule has 17 heteroatoms. The zero-order valence-corrected chi connectivity index (χ0v) is 39.0. The van der Waals surface area contributed by atoms with Crippen molar-refractivity contribution >= 4 is 70.4 Å². The zero-order chi connectivity index (χ0) is 41.7. The highest BCUT2D eigenvalue weighted by atomic mass is 79.9. The largest absolute Gasteiger partial charge is 0.354 e. The van der Waals surface area contributed by atoms with Crippen molar-refractivity contribution in [1.29, 1.82) is 0 Å². The summed E-state index contributed by atoms with van der Waals surface area (Å²) in [7, 11) is -12.5. The highest BCUT2D eigenvalue weighted by Crippen LogP contribution is 2.59. The molecule has 314 valence electrons. The number of carbonyl (C=O) groups excluding carboxylic acids is 1. The van der Waals surface area contributed by atoms with Crippen LogP contribution in [0.25, 0.3) is 12.2 Å². The van der Waals surface area contributed by atoms with E-state index in [4.69, 9.17) is 27.9 Å². The smallest absolute Gasteiger partial charge is 0.323 e. The topological polar surface area (TPSA) is 163 Å². The van der Waals surface area contributed by atoms with E-state index in [2.05, 4.69) is 34.9 Å². The van der Waals surface area contributed by atoms with Gasteiger partial charge in [0.1, 0.15) is 18.9 Å². The molecule has 3 aromatic carbocycles. The lowest BCUT2D eigenvalue weighted by molar-refractivity contribution is 0.112. The molecule has 0 bridgehead atoms. The predicted octanol–water partition coefficient (Wildman–Crippen LogP) is 13.2. The van der Waals surface area contributed by atoms with E-state index in [0.717, 1.165) is 28.8 Å². The van der Waals surface area contributed by atoms with Crippen LogP contribution in [0.3, 0.4) is 0 Å². The number of hydrogen-bond acceptors (Lipinski definition) is 9. The van der Waals surface area contributed by atoms with Crippen LogP contribution in [-0.2, 0) is 36.4 Å². The van der Waals surface area contributed by atoms with Crippen molar-refractivity contribution in [2.75, 3.05) is 45.7 Å². The first-order valence-corrected chi connectivity index (χ1v) is 30.6. The van der Waals surface area contributed by atoms with E-state index in [9.17, 15) is 23.1 Å². The maximum Gasteiger partial charge on any atom is 0.354 e. The molecule has 0 radical (unpaired) electrons. The second-order valence-electron chi connectivity index (χ2n) is 12.2. The molecular formula is C38H65BrO11P4Si. The highest BCUT2D eigenvalue weighted by Gasteiger charge is 2.29. The molecule has 0 atom stereocenters. The normalized spacial score (nSPS) is 11.6. The van der Waals surface area contributed by atoms with Crippen molar-refractivity contribution in [2.45, 2.75) is 54.8 Å². The third-order valence-corrected chi connectivity index (χ3v) is 12.9. The van der Waals surface area contributed by atoms with E-state index in [1.165, 1.54) is 11.9 Å². The van der Waals surface area contributed by atoms with Crippen molar-refractivity contribution < 1.29 is 52.4 Å². The van der Waals surface area contributed by atoms with Crippen LogP contribution in [0, 0.1) is 0 Å². The average Bonchev–Trinajstić information content (AvgIpc) is 3.07. The van der Waals surface area contributed by atoms with Gasteiger partial charge in [0.05, 0.1) is 33.6 Å². The van der Waals surface area contributed by atoms with Crippen LogP contribution in [0.5, 0.6) is 0 Å². The Bertz CT molecular complexity index is 1640. The Kier molecular flexibility index (Phi) is 32.6. The summed E-state index contributed by atoms with van der Waals surface area (Å²) in [5.41, 5.74) is 2.48. The summed E-state index contributed by atoms with van der Waals surface area (Å²) in [6, 6.07) is 27.7. The molecule has 55 heavy (non-hydrogen) atoms. The molecule has 0 unspecified atom stereocenters. The molecule has 3 aromatic rings. The molecular weight excluding hydrogens is 864 g/mol. The van der Waals surface area contributed by atoms with E-state index in [0.29, 0.717) is 26.4 Å². The van der Waals surface area contributed by atoms with Gasteiger partial charge in [-0.3, -0.25) is 18.5 Å². The fourth-order valence-corrected chi connectivity index (χ4v) is 9.97. The monoisotopic (exact) mass is 928 g/mol. The van der Waals surface area contributed by atoms with Gasteiger partial charge >= 0.3 is 22.8 Å². The summed E-state index contributed by atoms with van der Waals surface area (Å²) in [6.45, 7) is 17.5. The third-order valence-electron chi connectivity index (χ3n) is 5.23. The van der Waals surface area contributed by atoms with Gasteiger partial charge in [-0.1, -0.05) is 118 Å². The summed E-state index contributed by atoms with van der Waals surface area (Å²) in [5, 5.41) is 0. The van der Waals surface area contributed by atoms with Crippen molar-refractivity contribution in [3.63, 3.8) is 0 Å². The molecule has 0 amide bonds. The lowest BCUT2D eigenvalue weighted by atomic mass is 10.2. The van der Waals surface area contributed by atoms with Gasteiger partial charge in [0.25, 0.3) is 0 Å². The summed E-state index contributed by atoms with van der Waals surface area (Å²) >= 11 is 3.51. The van der Waals surface area contributed by atoms with Gasteiger partial charge < -0.3 is 32.4 Å². The number of hydrogen-bond donors (Lipinski definition) is 2. The first-order valence-electron chi connectivity index (χ1n) is 17.1. The maximum absolute atomic E-state index is 12.1. The van der Waals surface area contributed by atoms with Crippen LogP contribution in [-0.4, -0.2) is 68.4 Å². The van der Waals surface area contributed by atoms with Gasteiger partial charge in [0.15, 0.2) is 0 Å². The Morgan fingerprint density at radius 3 is 1.18 bits per heavy atom. The lowest BCUT2D eigenvalue weighted by Crippen LogP contribution is -2.05. The Balaban J connectivity index is -0.000000311. The van der Waals surface area contributed by atoms with Crippen LogP contribution in [0.15, 0.2) is 103 Å². The van der Waals surface area contributed by atoms with Crippen molar-refractivity contribution in [2.24, 2.45) is 0 Å². The van der Waals surface area contributed by atoms with Gasteiger partial charge in [-0.05, 0) is 64.3 Å². The summed E-state index contributed by atoms with van der Waals surface area (Å²) in [5.74, 6) is 2.43. The minimum absolute atomic E-state index is 0. The number of benzene rings is 3. The van der Waals surface area contributed by atoms with Gasteiger partial charge in [-0.25, -0.2) is 0 Å². The molecule has 3 rings (SSSR count). The second-order valence-corrected chi connectivity index (χ2v) is 32.8. The Morgan fingerprint density at radius 2 is 0.927 bits per heavy atom. The molecule has 2 N–H and O–H groups in total. The Hall–Kier alpha value is -1.81. The Morgan fingerprint density at radius 1 is 0.618 bits per heavy atom. The first-order chi connectivity index (χ1) is 25.0. The van der Waals surface area contributed by atoms with E-state index < -0.39 is 36.6 Å². The van der Waals surface area contributed by atoms with Crippen molar-refractivity contribution in [3.8, 4) is 0 Å². The van der Waals surface area contributed by atoms with Crippen LogP contribution in [0.4, 0.5) is 0 Å². The summed E-state index contributed by atoms with van der Waals surface area (Å²) in [6.07, 6.45) is 3.99. The predicted molar refractivity (Wildman–Crippen MR) is 242 cm³/mol. The van der Waals surface area contributed by atoms with Gasteiger partial charge in [-0.2, -0.15) is 0 Å². The molecule has 0 aliphatic rings. The summed E-state index contributed by atoms with van der Waals surface area (Å²) in [4.78, 5) is 27.0. The van der Waals surface area contributed by atoms with Crippen LogP contribution < -0.4 is 0 Å².